The maximum Gasteiger partial charge on any atom is 0.258 e. The summed E-state index contributed by atoms with van der Waals surface area (Å²) in [6.45, 7) is 0. The maximum absolute atomic E-state index is 13.1. The molecule has 0 unspecified atom stereocenters. The van der Waals surface area contributed by atoms with Gasteiger partial charge in [0.25, 0.3) is 5.91 Å². The predicted molar refractivity (Wildman–Crippen MR) is 135 cm³/mol. The lowest BCUT2D eigenvalue weighted by molar-refractivity contribution is 0.0993. The van der Waals surface area contributed by atoms with Gasteiger partial charge < -0.3 is 25.4 Å². The van der Waals surface area contributed by atoms with Crippen LogP contribution in [0.15, 0.2) is 60.7 Å². The molecule has 0 saturated heterocycles. The lowest BCUT2D eigenvalue weighted by atomic mass is 10.0. The van der Waals surface area contributed by atoms with Gasteiger partial charge in [-0.05, 0) is 36.4 Å². The summed E-state index contributed by atoms with van der Waals surface area (Å²) < 4.78 is 10.9. The van der Waals surface area contributed by atoms with Crippen molar-refractivity contribution in [1.29, 1.82) is 0 Å². The first kappa shape index (κ1) is 23.5. The van der Waals surface area contributed by atoms with Crippen LogP contribution in [0.25, 0.3) is 22.2 Å². The summed E-state index contributed by atoms with van der Waals surface area (Å²) in [7, 11) is 6.55. The molecule has 0 fully saturated rings. The highest BCUT2D eigenvalue weighted by molar-refractivity contribution is 6.07. The molecule has 2 amide bonds. The number of hydrogen-bond donors (Lipinski definition) is 2. The van der Waals surface area contributed by atoms with Crippen LogP contribution in [0.4, 0.5) is 11.6 Å². The van der Waals surface area contributed by atoms with Gasteiger partial charge in [-0.1, -0.05) is 18.2 Å². The first-order chi connectivity index (χ1) is 16.9. The van der Waals surface area contributed by atoms with Crippen LogP contribution in [0.1, 0.15) is 20.7 Å². The zero-order valence-corrected chi connectivity index (χ0v) is 19.8. The molecular formula is C26H25N5O4. The van der Waals surface area contributed by atoms with Crippen molar-refractivity contribution in [2.45, 2.75) is 0 Å². The number of fused-ring (bicyclic) bond motifs is 1. The smallest absolute Gasteiger partial charge is 0.258 e. The standard InChI is InChI=1S/C26H25N5O4/c1-28-26-29-20-14-22(35-4)21(34-3)13-19(20)23(30-26)15-7-6-10-18(12-15)31(2)25(33)17-9-5-8-16(11-17)24(27)32/h5-14H,1-4H3,(H2,27,32)(H,28,29,30). The number of nitrogens with two attached hydrogens (primary N) is 1. The van der Waals surface area contributed by atoms with Crippen molar-refractivity contribution in [3.8, 4) is 22.8 Å². The van der Waals surface area contributed by atoms with Gasteiger partial charge >= 0.3 is 0 Å². The molecule has 9 nitrogen and oxygen atoms in total. The van der Waals surface area contributed by atoms with Crippen molar-refractivity contribution in [2.75, 3.05) is 38.5 Å². The molecule has 9 heteroatoms. The maximum atomic E-state index is 13.1. The van der Waals surface area contributed by atoms with E-state index in [1.807, 2.05) is 30.3 Å². The number of rotatable bonds is 7. The molecule has 1 aromatic heterocycles. The highest BCUT2D eigenvalue weighted by Gasteiger charge is 2.18. The topological polar surface area (TPSA) is 120 Å². The molecule has 178 valence electrons. The quantitative estimate of drug-likeness (QED) is 0.421. The van der Waals surface area contributed by atoms with Gasteiger partial charge in [-0.25, -0.2) is 9.97 Å². The van der Waals surface area contributed by atoms with Gasteiger partial charge in [0, 0.05) is 47.9 Å². The monoisotopic (exact) mass is 471 g/mol. The van der Waals surface area contributed by atoms with E-state index in [-0.39, 0.29) is 11.5 Å². The number of nitrogens with one attached hydrogen (secondary N) is 1. The van der Waals surface area contributed by atoms with E-state index in [1.165, 1.54) is 11.0 Å². The summed E-state index contributed by atoms with van der Waals surface area (Å²) >= 11 is 0. The van der Waals surface area contributed by atoms with Crippen LogP contribution in [-0.2, 0) is 0 Å². The van der Waals surface area contributed by atoms with Gasteiger partial charge in [0.05, 0.1) is 25.4 Å². The van der Waals surface area contributed by atoms with Crippen LogP contribution in [0.2, 0.25) is 0 Å². The number of primary amides is 1. The molecule has 0 aliphatic carbocycles. The second-order valence-electron chi connectivity index (χ2n) is 7.73. The summed E-state index contributed by atoms with van der Waals surface area (Å²) in [6, 6.07) is 17.4. The Morgan fingerprint density at radius 2 is 1.60 bits per heavy atom. The Bertz CT molecular complexity index is 1440. The van der Waals surface area contributed by atoms with E-state index in [0.29, 0.717) is 39.9 Å². The first-order valence-corrected chi connectivity index (χ1v) is 10.8. The Kier molecular flexibility index (Phi) is 6.50. The van der Waals surface area contributed by atoms with Gasteiger partial charge in [0.1, 0.15) is 0 Å². The number of carbonyl (C=O) groups excluding carboxylic acids is 2. The van der Waals surface area contributed by atoms with Gasteiger partial charge in [0.2, 0.25) is 11.9 Å². The molecule has 1 heterocycles. The highest BCUT2D eigenvalue weighted by Crippen LogP contribution is 2.37. The third kappa shape index (κ3) is 4.56. The van der Waals surface area contributed by atoms with Crippen molar-refractivity contribution < 1.29 is 19.1 Å². The number of benzene rings is 3. The van der Waals surface area contributed by atoms with Crippen LogP contribution in [0.5, 0.6) is 11.5 Å². The zero-order chi connectivity index (χ0) is 25.1. The van der Waals surface area contributed by atoms with Gasteiger partial charge in [-0.2, -0.15) is 0 Å². The summed E-state index contributed by atoms with van der Waals surface area (Å²) in [5.41, 5.74) is 8.77. The molecule has 3 aromatic carbocycles. The van der Waals surface area contributed by atoms with E-state index in [4.69, 9.17) is 15.2 Å². The van der Waals surface area contributed by atoms with Crippen LogP contribution >= 0.6 is 0 Å². The molecule has 35 heavy (non-hydrogen) atoms. The summed E-state index contributed by atoms with van der Waals surface area (Å²) in [5, 5.41) is 3.76. The zero-order valence-electron chi connectivity index (χ0n) is 19.8. The fraction of sp³-hybridized carbons (Fsp3) is 0.154. The Morgan fingerprint density at radius 3 is 2.29 bits per heavy atom. The van der Waals surface area contributed by atoms with Crippen molar-refractivity contribution >= 4 is 34.4 Å². The molecule has 4 rings (SSSR count). The number of anilines is 2. The number of carbonyl (C=O) groups is 2. The molecule has 3 N–H and O–H groups in total. The van der Waals surface area contributed by atoms with Crippen LogP contribution < -0.4 is 25.4 Å². The van der Waals surface area contributed by atoms with Gasteiger partial charge in [-0.3, -0.25) is 9.59 Å². The van der Waals surface area contributed by atoms with E-state index in [2.05, 4.69) is 15.3 Å². The van der Waals surface area contributed by atoms with Gasteiger partial charge in [-0.15, -0.1) is 0 Å². The summed E-state index contributed by atoms with van der Waals surface area (Å²) in [6.07, 6.45) is 0. The third-order valence-corrected chi connectivity index (χ3v) is 5.63. The van der Waals surface area contributed by atoms with Crippen molar-refractivity contribution in [1.82, 2.24) is 9.97 Å². The normalized spacial score (nSPS) is 10.6. The lowest BCUT2D eigenvalue weighted by Gasteiger charge is -2.19. The Morgan fingerprint density at radius 1 is 0.914 bits per heavy atom. The molecule has 4 aromatic rings. The number of ether oxygens (including phenoxy) is 2. The van der Waals surface area contributed by atoms with Gasteiger partial charge in [0.15, 0.2) is 11.5 Å². The fourth-order valence-corrected chi connectivity index (χ4v) is 3.77. The van der Waals surface area contributed by atoms with Crippen molar-refractivity contribution in [3.63, 3.8) is 0 Å². The molecule has 0 atom stereocenters. The number of amides is 2. The van der Waals surface area contributed by atoms with E-state index < -0.39 is 5.91 Å². The summed E-state index contributed by atoms with van der Waals surface area (Å²) in [4.78, 5) is 35.4. The number of methoxy groups -OCH3 is 2. The minimum atomic E-state index is -0.590. The molecule has 0 spiro atoms. The third-order valence-electron chi connectivity index (χ3n) is 5.63. The van der Waals surface area contributed by atoms with Crippen molar-refractivity contribution in [3.05, 3.63) is 71.8 Å². The van der Waals surface area contributed by atoms with E-state index >= 15 is 0 Å². The lowest BCUT2D eigenvalue weighted by Crippen LogP contribution is -2.26. The Labute approximate surface area is 202 Å². The number of hydrogen-bond acceptors (Lipinski definition) is 7. The number of nitrogens with zero attached hydrogens (tertiary/aromatic N) is 3. The van der Waals surface area contributed by atoms with Crippen LogP contribution in [0, 0.1) is 0 Å². The SMILES string of the molecule is CNc1nc(-c2cccc(N(C)C(=O)c3cccc(C(N)=O)c3)c2)c2cc(OC)c(OC)cc2n1. The molecule has 0 aliphatic rings. The summed E-state index contributed by atoms with van der Waals surface area (Å²) in [5.74, 6) is 0.689. The van der Waals surface area contributed by atoms with Crippen molar-refractivity contribution in [2.24, 2.45) is 5.73 Å². The molecule has 0 radical (unpaired) electrons. The second kappa shape index (κ2) is 9.68. The van der Waals surface area contributed by atoms with E-state index in [1.54, 1.807) is 52.6 Å². The fourth-order valence-electron chi connectivity index (χ4n) is 3.77. The first-order valence-electron chi connectivity index (χ1n) is 10.8. The second-order valence-corrected chi connectivity index (χ2v) is 7.73. The average Bonchev–Trinajstić information content (AvgIpc) is 2.90. The molecule has 0 saturated carbocycles. The number of aromatic nitrogens is 2. The largest absolute Gasteiger partial charge is 0.493 e. The highest BCUT2D eigenvalue weighted by atomic mass is 16.5. The Balaban J connectivity index is 1.79. The van der Waals surface area contributed by atoms with E-state index in [9.17, 15) is 9.59 Å². The minimum Gasteiger partial charge on any atom is -0.493 e. The average molecular weight is 472 g/mol. The minimum absolute atomic E-state index is 0.273. The molecule has 0 aliphatic heterocycles. The predicted octanol–water partition coefficient (Wildman–Crippen LogP) is 3.73. The van der Waals surface area contributed by atoms with E-state index in [0.717, 1.165) is 10.9 Å². The molecular weight excluding hydrogens is 446 g/mol. The Hall–Kier alpha value is -4.66. The molecule has 0 bridgehead atoms. The van der Waals surface area contributed by atoms with Crippen LogP contribution in [-0.4, -0.2) is 50.1 Å². The van der Waals surface area contributed by atoms with Crippen LogP contribution in [0.3, 0.4) is 0 Å².